The quantitative estimate of drug-likeness (QED) is 0.544. The van der Waals surface area contributed by atoms with Crippen LogP contribution in [0.2, 0.25) is 0 Å². The van der Waals surface area contributed by atoms with Crippen molar-refractivity contribution >= 4 is 16.7 Å². The van der Waals surface area contributed by atoms with Crippen molar-refractivity contribution in [1.82, 2.24) is 0 Å². The van der Waals surface area contributed by atoms with Crippen molar-refractivity contribution < 1.29 is 9.36 Å². The van der Waals surface area contributed by atoms with Crippen LogP contribution in [0.5, 0.6) is 0 Å². The predicted octanol–water partition coefficient (Wildman–Crippen LogP) is 2.88. The van der Waals surface area contributed by atoms with Gasteiger partial charge in [-0.3, -0.25) is 4.79 Å². The third-order valence-electron chi connectivity index (χ3n) is 3.39. The van der Waals surface area contributed by atoms with Gasteiger partial charge in [-0.05, 0) is 12.1 Å². The number of nitriles is 1. The Hall–Kier alpha value is -2.99. The van der Waals surface area contributed by atoms with E-state index in [-0.39, 0.29) is 12.3 Å². The molecule has 3 rings (SSSR count). The fraction of sp³-hybridized carbons (Fsp3) is 0.0556. The molecule has 0 bridgehead atoms. The number of nitrogens with zero attached hydrogens (tertiary/aromatic N) is 2. The Balaban J connectivity index is 2.04. The van der Waals surface area contributed by atoms with Crippen LogP contribution in [0, 0.1) is 11.3 Å². The number of hydrogen-bond donors (Lipinski definition) is 0. The molecule has 1 heterocycles. The highest BCUT2D eigenvalue weighted by atomic mass is 16.1. The van der Waals surface area contributed by atoms with E-state index in [2.05, 4.69) is 6.07 Å². The molecule has 1 aromatic heterocycles. The van der Waals surface area contributed by atoms with Crippen LogP contribution in [-0.2, 0) is 6.54 Å². The fourth-order valence-corrected chi connectivity index (χ4v) is 2.38. The molecular weight excluding hydrogens is 260 g/mol. The number of ketones is 1. The number of rotatable bonds is 3. The molecule has 3 nitrogen and oxygen atoms in total. The van der Waals surface area contributed by atoms with Gasteiger partial charge in [0.2, 0.25) is 17.8 Å². The van der Waals surface area contributed by atoms with Gasteiger partial charge in [-0.15, -0.1) is 0 Å². The fourth-order valence-electron chi connectivity index (χ4n) is 2.38. The smallest absolute Gasteiger partial charge is 0.227 e. The summed E-state index contributed by atoms with van der Waals surface area (Å²) in [6.45, 7) is 0.222. The van der Waals surface area contributed by atoms with E-state index in [4.69, 9.17) is 5.26 Å². The molecule has 0 amide bonds. The second-order valence-electron chi connectivity index (χ2n) is 4.82. The Bertz CT molecular complexity index is 848. The molecular formula is C18H13N2O+. The molecule has 0 fully saturated rings. The van der Waals surface area contributed by atoms with Crippen LogP contribution in [-0.4, -0.2) is 5.78 Å². The molecule has 21 heavy (non-hydrogen) atoms. The highest BCUT2D eigenvalue weighted by Gasteiger charge is 2.16. The third kappa shape index (κ3) is 2.65. The van der Waals surface area contributed by atoms with E-state index in [1.807, 2.05) is 53.1 Å². The molecule has 0 spiro atoms. The van der Waals surface area contributed by atoms with E-state index < -0.39 is 0 Å². The summed E-state index contributed by atoms with van der Waals surface area (Å²) in [4.78, 5) is 12.4. The van der Waals surface area contributed by atoms with Crippen molar-refractivity contribution in [2.24, 2.45) is 0 Å². The Morgan fingerprint density at radius 3 is 2.52 bits per heavy atom. The third-order valence-corrected chi connectivity index (χ3v) is 3.39. The minimum absolute atomic E-state index is 0.0286. The zero-order chi connectivity index (χ0) is 14.7. The average Bonchev–Trinajstić information content (AvgIpc) is 2.55. The monoisotopic (exact) mass is 273 g/mol. The molecule has 0 saturated carbocycles. The Labute approximate surface area is 122 Å². The van der Waals surface area contributed by atoms with Gasteiger partial charge < -0.3 is 0 Å². The lowest BCUT2D eigenvalue weighted by molar-refractivity contribution is -0.657. The van der Waals surface area contributed by atoms with Crippen molar-refractivity contribution in [1.29, 1.82) is 5.26 Å². The molecule has 0 N–H and O–H groups in total. The second-order valence-corrected chi connectivity index (χ2v) is 4.82. The summed E-state index contributed by atoms with van der Waals surface area (Å²) in [7, 11) is 0. The highest BCUT2D eigenvalue weighted by molar-refractivity contribution is 5.95. The van der Waals surface area contributed by atoms with Gasteiger partial charge in [0.15, 0.2) is 6.20 Å². The number of fused-ring (bicyclic) bond motifs is 1. The number of hydrogen-bond acceptors (Lipinski definition) is 2. The van der Waals surface area contributed by atoms with Gasteiger partial charge in [-0.25, -0.2) is 0 Å². The number of benzene rings is 2. The van der Waals surface area contributed by atoms with Crippen LogP contribution in [0.15, 0.2) is 66.9 Å². The van der Waals surface area contributed by atoms with Crippen molar-refractivity contribution in [2.45, 2.75) is 6.54 Å². The molecule has 0 saturated heterocycles. The molecule has 0 aliphatic carbocycles. The maximum Gasteiger partial charge on any atom is 0.227 e. The first-order valence-corrected chi connectivity index (χ1v) is 6.68. The molecule has 3 heteroatoms. The summed E-state index contributed by atoms with van der Waals surface area (Å²) >= 11 is 0. The van der Waals surface area contributed by atoms with Gasteiger partial charge in [-0.1, -0.05) is 42.5 Å². The van der Waals surface area contributed by atoms with Crippen LogP contribution in [0.1, 0.15) is 15.9 Å². The standard InChI is InChI=1S/C18H13N2O/c19-11-14-10-16-8-4-5-9-17(16)20(12-14)13-18(21)15-6-2-1-3-7-15/h1-10,12H,13H2/q+1. The average molecular weight is 273 g/mol. The van der Waals surface area contributed by atoms with Crippen LogP contribution in [0.3, 0.4) is 0 Å². The van der Waals surface area contributed by atoms with Crippen LogP contribution >= 0.6 is 0 Å². The van der Waals surface area contributed by atoms with Crippen LogP contribution < -0.4 is 4.57 Å². The highest BCUT2D eigenvalue weighted by Crippen LogP contribution is 2.11. The first-order valence-electron chi connectivity index (χ1n) is 6.68. The minimum Gasteiger partial charge on any atom is -0.287 e. The SMILES string of the molecule is N#Cc1cc2ccccc2[n+](CC(=O)c2ccccc2)c1. The summed E-state index contributed by atoms with van der Waals surface area (Å²) in [5.41, 5.74) is 2.17. The molecule has 2 aromatic carbocycles. The molecule has 0 radical (unpaired) electrons. The lowest BCUT2D eigenvalue weighted by atomic mass is 10.1. The number of Topliss-reactive ketones (excluding diaryl/α,β-unsaturated/α-hetero) is 1. The first-order chi connectivity index (χ1) is 10.3. The van der Waals surface area contributed by atoms with Crippen LogP contribution in [0.4, 0.5) is 0 Å². The van der Waals surface area contributed by atoms with E-state index in [9.17, 15) is 4.79 Å². The van der Waals surface area contributed by atoms with Crippen molar-refractivity contribution in [3.05, 3.63) is 78.0 Å². The van der Waals surface area contributed by atoms with Gasteiger partial charge in [0, 0.05) is 17.0 Å². The Morgan fingerprint density at radius 1 is 1.05 bits per heavy atom. The number of para-hydroxylation sites is 1. The van der Waals surface area contributed by atoms with E-state index in [0.29, 0.717) is 11.1 Å². The normalized spacial score (nSPS) is 10.2. The molecule has 0 aliphatic rings. The number of carbonyl (C=O) groups is 1. The van der Waals surface area contributed by atoms with E-state index in [1.54, 1.807) is 18.3 Å². The maximum absolute atomic E-state index is 12.4. The molecule has 3 aromatic rings. The molecule has 0 atom stereocenters. The summed E-state index contributed by atoms with van der Waals surface area (Å²) in [6, 6.07) is 20.9. The summed E-state index contributed by atoms with van der Waals surface area (Å²) < 4.78 is 1.84. The predicted molar refractivity (Wildman–Crippen MR) is 79.6 cm³/mol. The Morgan fingerprint density at radius 2 is 1.76 bits per heavy atom. The van der Waals surface area contributed by atoms with E-state index in [1.165, 1.54) is 0 Å². The van der Waals surface area contributed by atoms with Gasteiger partial charge in [-0.2, -0.15) is 9.83 Å². The van der Waals surface area contributed by atoms with Crippen molar-refractivity contribution in [3.63, 3.8) is 0 Å². The number of carbonyl (C=O) groups excluding carboxylic acids is 1. The molecule has 0 aliphatic heterocycles. The molecule has 0 unspecified atom stereocenters. The number of pyridine rings is 1. The summed E-state index contributed by atoms with van der Waals surface area (Å²) in [5, 5.41) is 10.1. The lowest BCUT2D eigenvalue weighted by Gasteiger charge is -2.02. The van der Waals surface area contributed by atoms with E-state index >= 15 is 0 Å². The van der Waals surface area contributed by atoms with Crippen LogP contribution in [0.25, 0.3) is 10.9 Å². The number of aromatic nitrogens is 1. The summed E-state index contributed by atoms with van der Waals surface area (Å²) in [5.74, 6) is 0.0286. The summed E-state index contributed by atoms with van der Waals surface area (Å²) in [6.07, 6.45) is 1.73. The minimum atomic E-state index is 0.0286. The Kier molecular flexibility index (Phi) is 3.44. The zero-order valence-corrected chi connectivity index (χ0v) is 11.4. The van der Waals surface area contributed by atoms with Gasteiger partial charge in [0.25, 0.3) is 0 Å². The lowest BCUT2D eigenvalue weighted by Crippen LogP contribution is -2.38. The first kappa shape index (κ1) is 13.0. The zero-order valence-electron chi connectivity index (χ0n) is 11.4. The van der Waals surface area contributed by atoms with Crippen molar-refractivity contribution in [3.8, 4) is 6.07 Å². The van der Waals surface area contributed by atoms with Gasteiger partial charge in [0.05, 0.1) is 0 Å². The van der Waals surface area contributed by atoms with Gasteiger partial charge >= 0.3 is 0 Å². The topological polar surface area (TPSA) is 44.7 Å². The second kappa shape index (κ2) is 5.56. The maximum atomic E-state index is 12.4. The van der Waals surface area contributed by atoms with Crippen molar-refractivity contribution in [2.75, 3.05) is 0 Å². The molecule has 100 valence electrons. The largest absolute Gasteiger partial charge is 0.287 e. The van der Waals surface area contributed by atoms with E-state index in [0.717, 1.165) is 10.9 Å². The van der Waals surface area contributed by atoms with Gasteiger partial charge in [0.1, 0.15) is 11.6 Å².